The van der Waals surface area contributed by atoms with E-state index in [0.717, 1.165) is 6.61 Å². The van der Waals surface area contributed by atoms with Crippen LogP contribution in [0.25, 0.3) is 0 Å². The highest BCUT2D eigenvalue weighted by Gasteiger charge is 2.31. The van der Waals surface area contributed by atoms with Gasteiger partial charge in [0.1, 0.15) is 0 Å². The van der Waals surface area contributed by atoms with Gasteiger partial charge in [0.15, 0.2) is 0 Å². The molecule has 0 aliphatic heterocycles. The predicted molar refractivity (Wildman–Crippen MR) is 80.0 cm³/mol. The fraction of sp³-hybridized carbons (Fsp3) is 1.00. The van der Waals surface area contributed by atoms with Gasteiger partial charge >= 0.3 is 0 Å². The Morgan fingerprint density at radius 2 is 1.44 bits per heavy atom. The summed E-state index contributed by atoms with van der Waals surface area (Å²) in [6.07, 6.45) is 18.5. The van der Waals surface area contributed by atoms with Crippen LogP contribution in [0.1, 0.15) is 90.4 Å². The second kappa shape index (κ2) is 9.83. The van der Waals surface area contributed by atoms with Gasteiger partial charge in [-0.05, 0) is 24.7 Å². The highest BCUT2D eigenvalue weighted by molar-refractivity contribution is 4.82. The number of methoxy groups -OCH3 is 1. The minimum absolute atomic E-state index is 0.552. The molecule has 0 aromatic rings. The van der Waals surface area contributed by atoms with Crippen molar-refractivity contribution in [2.24, 2.45) is 5.41 Å². The maximum atomic E-state index is 5.49. The summed E-state index contributed by atoms with van der Waals surface area (Å²) in [6, 6.07) is 0. The summed E-state index contributed by atoms with van der Waals surface area (Å²) in [5.41, 5.74) is 0.552. The van der Waals surface area contributed by atoms with Crippen LogP contribution in [0.5, 0.6) is 0 Å². The molecule has 1 fully saturated rings. The molecule has 0 spiro atoms. The number of hydrogen-bond donors (Lipinski definition) is 0. The highest BCUT2D eigenvalue weighted by Crippen LogP contribution is 2.40. The quantitative estimate of drug-likeness (QED) is 0.453. The topological polar surface area (TPSA) is 9.23 Å². The fourth-order valence-electron chi connectivity index (χ4n) is 3.53. The number of hydrogen-bond acceptors (Lipinski definition) is 1. The van der Waals surface area contributed by atoms with Crippen LogP contribution in [0.2, 0.25) is 0 Å². The van der Waals surface area contributed by atoms with Gasteiger partial charge in [-0.1, -0.05) is 71.1 Å². The van der Waals surface area contributed by atoms with Crippen molar-refractivity contribution >= 4 is 0 Å². The molecule has 0 unspecified atom stereocenters. The Kier molecular flexibility index (Phi) is 8.75. The lowest BCUT2D eigenvalue weighted by molar-refractivity contribution is 0.0396. The second-order valence-corrected chi connectivity index (χ2v) is 6.36. The molecule has 1 aliphatic carbocycles. The third kappa shape index (κ3) is 6.22. The third-order valence-corrected chi connectivity index (χ3v) is 4.68. The zero-order valence-electron chi connectivity index (χ0n) is 12.8. The molecule has 0 aromatic heterocycles. The number of ether oxygens (including phenoxy) is 1. The first kappa shape index (κ1) is 16.0. The molecule has 0 heterocycles. The van der Waals surface area contributed by atoms with Crippen LogP contribution in [0.4, 0.5) is 0 Å². The van der Waals surface area contributed by atoms with Crippen molar-refractivity contribution in [3.8, 4) is 0 Å². The van der Waals surface area contributed by atoms with E-state index >= 15 is 0 Å². The Morgan fingerprint density at radius 3 is 2.06 bits per heavy atom. The van der Waals surface area contributed by atoms with E-state index in [4.69, 9.17) is 4.74 Å². The normalized spacial score (nSPS) is 19.0. The lowest BCUT2D eigenvalue weighted by Gasteiger charge is -2.37. The van der Waals surface area contributed by atoms with E-state index in [-0.39, 0.29) is 0 Å². The molecule has 108 valence electrons. The molecular formula is C17H34O. The van der Waals surface area contributed by atoms with E-state index in [1.165, 1.54) is 83.5 Å². The van der Waals surface area contributed by atoms with Crippen LogP contribution in [0.3, 0.4) is 0 Å². The van der Waals surface area contributed by atoms with Crippen LogP contribution in [0.15, 0.2) is 0 Å². The van der Waals surface area contributed by atoms with Gasteiger partial charge in [0, 0.05) is 7.11 Å². The Balaban J connectivity index is 2.10. The van der Waals surface area contributed by atoms with Crippen molar-refractivity contribution in [1.29, 1.82) is 0 Å². The molecule has 0 amide bonds. The van der Waals surface area contributed by atoms with Crippen molar-refractivity contribution in [3.63, 3.8) is 0 Å². The van der Waals surface area contributed by atoms with Crippen molar-refractivity contribution in [3.05, 3.63) is 0 Å². The summed E-state index contributed by atoms with van der Waals surface area (Å²) in [6.45, 7) is 3.29. The van der Waals surface area contributed by atoms with Gasteiger partial charge in [-0.25, -0.2) is 0 Å². The summed E-state index contributed by atoms with van der Waals surface area (Å²) in [4.78, 5) is 0. The Morgan fingerprint density at radius 1 is 0.833 bits per heavy atom. The number of unbranched alkanes of at least 4 members (excludes halogenated alkanes) is 6. The van der Waals surface area contributed by atoms with E-state index in [1.54, 1.807) is 0 Å². The van der Waals surface area contributed by atoms with Crippen LogP contribution >= 0.6 is 0 Å². The van der Waals surface area contributed by atoms with E-state index in [9.17, 15) is 0 Å². The molecule has 0 aromatic carbocycles. The monoisotopic (exact) mass is 254 g/mol. The average molecular weight is 254 g/mol. The maximum Gasteiger partial charge on any atom is 0.0518 e. The molecule has 0 saturated heterocycles. The van der Waals surface area contributed by atoms with Crippen LogP contribution in [-0.2, 0) is 4.74 Å². The largest absolute Gasteiger partial charge is 0.384 e. The van der Waals surface area contributed by atoms with E-state index < -0.39 is 0 Å². The second-order valence-electron chi connectivity index (χ2n) is 6.36. The molecule has 1 heteroatoms. The van der Waals surface area contributed by atoms with Gasteiger partial charge in [-0.3, -0.25) is 0 Å². The molecule has 0 atom stereocenters. The minimum atomic E-state index is 0.552. The van der Waals surface area contributed by atoms with Gasteiger partial charge in [-0.15, -0.1) is 0 Å². The third-order valence-electron chi connectivity index (χ3n) is 4.68. The predicted octanol–water partition coefficient (Wildman–Crippen LogP) is 5.72. The highest BCUT2D eigenvalue weighted by atomic mass is 16.5. The SMILES string of the molecule is CCCCCCCCCC1(COC)CCCCC1. The van der Waals surface area contributed by atoms with Gasteiger partial charge < -0.3 is 4.74 Å². The molecule has 1 aliphatic rings. The zero-order valence-corrected chi connectivity index (χ0v) is 12.8. The average Bonchev–Trinajstić information content (AvgIpc) is 2.39. The van der Waals surface area contributed by atoms with E-state index in [0.29, 0.717) is 5.41 Å². The van der Waals surface area contributed by atoms with E-state index in [1.807, 2.05) is 7.11 Å². The van der Waals surface area contributed by atoms with Gasteiger partial charge in [-0.2, -0.15) is 0 Å². The molecule has 18 heavy (non-hydrogen) atoms. The zero-order chi connectivity index (χ0) is 13.1. The minimum Gasteiger partial charge on any atom is -0.384 e. The summed E-state index contributed by atoms with van der Waals surface area (Å²) >= 11 is 0. The summed E-state index contributed by atoms with van der Waals surface area (Å²) in [5.74, 6) is 0. The molecule has 1 rings (SSSR count). The summed E-state index contributed by atoms with van der Waals surface area (Å²) in [5, 5.41) is 0. The van der Waals surface area contributed by atoms with Crippen LogP contribution in [-0.4, -0.2) is 13.7 Å². The van der Waals surface area contributed by atoms with Crippen molar-refractivity contribution in [2.75, 3.05) is 13.7 Å². The molecule has 0 bridgehead atoms. The molecular weight excluding hydrogens is 220 g/mol. The first-order valence-corrected chi connectivity index (χ1v) is 8.32. The first-order valence-electron chi connectivity index (χ1n) is 8.32. The Hall–Kier alpha value is -0.0400. The van der Waals surface area contributed by atoms with E-state index in [2.05, 4.69) is 6.92 Å². The van der Waals surface area contributed by atoms with Gasteiger partial charge in [0.2, 0.25) is 0 Å². The Labute approximate surface area is 115 Å². The van der Waals surface area contributed by atoms with Crippen molar-refractivity contribution < 1.29 is 4.74 Å². The standard InChI is InChI=1S/C17H34O/c1-3-4-5-6-7-8-10-13-17(16-18-2)14-11-9-12-15-17/h3-16H2,1-2H3. The number of rotatable bonds is 10. The lowest BCUT2D eigenvalue weighted by atomic mass is 9.71. The van der Waals surface area contributed by atoms with Crippen LogP contribution < -0.4 is 0 Å². The van der Waals surface area contributed by atoms with Crippen molar-refractivity contribution in [2.45, 2.75) is 90.4 Å². The molecule has 1 nitrogen and oxygen atoms in total. The first-order chi connectivity index (χ1) is 8.83. The molecule has 0 radical (unpaired) electrons. The molecule has 0 N–H and O–H groups in total. The molecule has 1 saturated carbocycles. The maximum absolute atomic E-state index is 5.49. The van der Waals surface area contributed by atoms with Gasteiger partial charge in [0.05, 0.1) is 6.61 Å². The van der Waals surface area contributed by atoms with Crippen molar-refractivity contribution in [1.82, 2.24) is 0 Å². The summed E-state index contributed by atoms with van der Waals surface area (Å²) in [7, 11) is 1.88. The van der Waals surface area contributed by atoms with Crippen LogP contribution in [0, 0.1) is 5.41 Å². The summed E-state index contributed by atoms with van der Waals surface area (Å²) < 4.78 is 5.49. The fourth-order valence-corrected chi connectivity index (χ4v) is 3.53. The van der Waals surface area contributed by atoms with Gasteiger partial charge in [0.25, 0.3) is 0 Å². The Bertz CT molecular complexity index is 177. The lowest BCUT2D eigenvalue weighted by Crippen LogP contribution is -2.29. The smallest absolute Gasteiger partial charge is 0.0518 e.